The highest BCUT2D eigenvalue weighted by Gasteiger charge is 2.05. The molecule has 7 nitrogen and oxygen atoms in total. The number of rotatable bonds is 3. The van der Waals surface area contributed by atoms with Gasteiger partial charge in [0.05, 0.1) is 5.69 Å². The van der Waals surface area contributed by atoms with Crippen LogP contribution in [0.2, 0.25) is 0 Å². The predicted octanol–water partition coefficient (Wildman–Crippen LogP) is 0.801. The molecule has 0 atom stereocenters. The molecule has 7 heteroatoms. The minimum absolute atomic E-state index is 0.164. The summed E-state index contributed by atoms with van der Waals surface area (Å²) in [6.07, 6.45) is 1.88. The Morgan fingerprint density at radius 1 is 1.61 bits per heavy atom. The van der Waals surface area contributed by atoms with Crippen LogP contribution < -0.4 is 11.2 Å². The van der Waals surface area contributed by atoms with Crippen LogP contribution in [0.1, 0.15) is 0 Å². The minimum Gasteiger partial charge on any atom is -0.382 e. The molecule has 4 N–H and O–H groups in total. The van der Waals surface area contributed by atoms with Crippen LogP contribution in [0, 0.1) is 16.7 Å². The number of amidine groups is 1. The molecular formula is C11H11N7. The van der Waals surface area contributed by atoms with Crippen LogP contribution in [0.3, 0.4) is 0 Å². The topological polar surface area (TPSA) is 116 Å². The summed E-state index contributed by atoms with van der Waals surface area (Å²) in [6.45, 7) is 0. The average molecular weight is 241 g/mol. The van der Waals surface area contributed by atoms with Gasteiger partial charge in [-0.15, -0.1) is 0 Å². The number of nitrogens with zero attached hydrogens (tertiary/aromatic N) is 4. The van der Waals surface area contributed by atoms with E-state index in [9.17, 15) is 0 Å². The molecule has 0 amide bonds. The van der Waals surface area contributed by atoms with Crippen LogP contribution in [0.15, 0.2) is 29.5 Å². The van der Waals surface area contributed by atoms with E-state index >= 15 is 0 Å². The Labute approximate surface area is 103 Å². The maximum Gasteiger partial charge on any atom is 0.201 e. The number of hydrazone groups is 1. The average Bonchev–Trinajstić information content (AvgIpc) is 2.70. The van der Waals surface area contributed by atoms with Crippen LogP contribution in [0.4, 0.5) is 5.69 Å². The summed E-state index contributed by atoms with van der Waals surface area (Å²) in [6, 6.07) is 7.30. The number of benzene rings is 1. The highest BCUT2D eigenvalue weighted by molar-refractivity contribution is 6.45. The van der Waals surface area contributed by atoms with Gasteiger partial charge in [0.2, 0.25) is 5.71 Å². The van der Waals surface area contributed by atoms with Gasteiger partial charge in [-0.3, -0.25) is 15.5 Å². The Kier molecular flexibility index (Phi) is 2.93. The minimum atomic E-state index is -0.377. The summed E-state index contributed by atoms with van der Waals surface area (Å²) in [5.74, 6) is -0.377. The fourth-order valence-electron chi connectivity index (χ4n) is 1.52. The van der Waals surface area contributed by atoms with Gasteiger partial charge in [0.15, 0.2) is 5.84 Å². The molecule has 18 heavy (non-hydrogen) atoms. The van der Waals surface area contributed by atoms with E-state index in [1.807, 2.05) is 25.4 Å². The van der Waals surface area contributed by atoms with Crippen molar-refractivity contribution >= 4 is 28.1 Å². The first-order chi connectivity index (χ1) is 8.61. The molecule has 2 aromatic rings. The zero-order valence-corrected chi connectivity index (χ0v) is 9.68. The van der Waals surface area contributed by atoms with Crippen molar-refractivity contribution in [2.75, 3.05) is 5.43 Å². The summed E-state index contributed by atoms with van der Waals surface area (Å²) in [5, 5.41) is 24.9. The number of nitriles is 1. The number of nitrogens with two attached hydrogens (primary N) is 1. The molecule has 0 saturated heterocycles. The quantitative estimate of drug-likeness (QED) is 0.418. The molecule has 0 aliphatic rings. The lowest BCUT2D eigenvalue weighted by atomic mass is 10.2. The zero-order chi connectivity index (χ0) is 13.1. The van der Waals surface area contributed by atoms with Crippen molar-refractivity contribution < 1.29 is 0 Å². The molecule has 0 spiro atoms. The van der Waals surface area contributed by atoms with Crippen molar-refractivity contribution in [1.82, 2.24) is 9.78 Å². The lowest BCUT2D eigenvalue weighted by Gasteiger charge is -2.01. The number of aryl methyl sites for hydroxylation is 1. The first-order valence-corrected chi connectivity index (χ1v) is 5.12. The standard InChI is InChI=1S/C11H11N7/c1-18-6-7-3-2-4-8(10(7)17-18)15-16-9(5-12)11(13)14/h2-4,6,15H,1H3,(H3,13,14)/b16-9+. The molecule has 1 aromatic heterocycles. The van der Waals surface area contributed by atoms with Crippen molar-refractivity contribution in [2.45, 2.75) is 0 Å². The van der Waals surface area contributed by atoms with E-state index in [1.165, 1.54) is 0 Å². The molecule has 0 aliphatic carbocycles. The Balaban J connectivity index is 2.38. The van der Waals surface area contributed by atoms with Crippen molar-refractivity contribution in [2.24, 2.45) is 17.9 Å². The van der Waals surface area contributed by atoms with Crippen molar-refractivity contribution in [1.29, 1.82) is 10.7 Å². The molecule has 0 radical (unpaired) electrons. The zero-order valence-electron chi connectivity index (χ0n) is 9.68. The summed E-state index contributed by atoms with van der Waals surface area (Å²) >= 11 is 0. The van der Waals surface area contributed by atoms with Gasteiger partial charge in [-0.2, -0.15) is 15.5 Å². The number of fused-ring (bicyclic) bond motifs is 1. The number of nitrogens with one attached hydrogen (secondary N) is 2. The van der Waals surface area contributed by atoms with E-state index in [-0.39, 0.29) is 11.5 Å². The SMILES string of the molecule is Cn1cc2cccc(N/N=C(\C#N)C(=N)N)c2n1. The van der Waals surface area contributed by atoms with Gasteiger partial charge in [-0.1, -0.05) is 12.1 Å². The predicted molar refractivity (Wildman–Crippen MR) is 69.3 cm³/mol. The van der Waals surface area contributed by atoms with Gasteiger partial charge < -0.3 is 5.73 Å². The largest absolute Gasteiger partial charge is 0.382 e. The summed E-state index contributed by atoms with van der Waals surface area (Å²) in [4.78, 5) is 0. The lowest BCUT2D eigenvalue weighted by Crippen LogP contribution is -2.21. The van der Waals surface area contributed by atoms with Gasteiger partial charge in [0.1, 0.15) is 11.6 Å². The summed E-state index contributed by atoms with van der Waals surface area (Å²) in [5.41, 5.74) is 9.13. The number of hydrogen-bond donors (Lipinski definition) is 3. The van der Waals surface area contributed by atoms with Gasteiger partial charge >= 0.3 is 0 Å². The second kappa shape index (κ2) is 4.55. The monoisotopic (exact) mass is 241 g/mol. The fourth-order valence-corrected chi connectivity index (χ4v) is 1.52. The maximum absolute atomic E-state index is 8.73. The van der Waals surface area contributed by atoms with Gasteiger partial charge in [0, 0.05) is 18.6 Å². The van der Waals surface area contributed by atoms with Gasteiger partial charge in [-0.05, 0) is 6.07 Å². The first kappa shape index (κ1) is 11.6. The molecule has 1 aromatic carbocycles. The second-order valence-electron chi connectivity index (χ2n) is 3.64. The first-order valence-electron chi connectivity index (χ1n) is 5.12. The normalized spacial score (nSPS) is 11.2. The van der Waals surface area contributed by atoms with E-state index in [4.69, 9.17) is 16.4 Å². The fraction of sp³-hybridized carbons (Fsp3) is 0.0909. The van der Waals surface area contributed by atoms with Crippen LogP contribution in [0.5, 0.6) is 0 Å². The molecule has 0 saturated carbocycles. The lowest BCUT2D eigenvalue weighted by molar-refractivity contribution is 0.780. The van der Waals surface area contributed by atoms with Crippen molar-refractivity contribution in [3.05, 3.63) is 24.4 Å². The van der Waals surface area contributed by atoms with Gasteiger partial charge in [-0.25, -0.2) is 0 Å². The number of anilines is 1. The molecule has 2 rings (SSSR count). The highest BCUT2D eigenvalue weighted by Crippen LogP contribution is 2.21. The highest BCUT2D eigenvalue weighted by atomic mass is 15.3. The van der Waals surface area contributed by atoms with E-state index in [1.54, 1.807) is 16.8 Å². The van der Waals surface area contributed by atoms with Crippen LogP contribution in [-0.2, 0) is 7.05 Å². The molecule has 0 aliphatic heterocycles. The van der Waals surface area contributed by atoms with E-state index in [0.717, 1.165) is 10.9 Å². The van der Waals surface area contributed by atoms with Crippen molar-refractivity contribution in [3.63, 3.8) is 0 Å². The number of hydrogen-bond acceptors (Lipinski definition) is 5. The summed E-state index contributed by atoms with van der Waals surface area (Å²) in [7, 11) is 1.82. The van der Waals surface area contributed by atoms with Crippen LogP contribution in [0.25, 0.3) is 10.9 Å². The Bertz CT molecular complexity index is 674. The molecule has 90 valence electrons. The molecule has 0 bridgehead atoms. The molecular weight excluding hydrogens is 230 g/mol. The third kappa shape index (κ3) is 2.12. The third-order valence-corrected chi connectivity index (χ3v) is 2.30. The van der Waals surface area contributed by atoms with E-state index in [2.05, 4.69) is 15.6 Å². The Morgan fingerprint density at radius 2 is 2.39 bits per heavy atom. The Hall–Kier alpha value is -2.88. The summed E-state index contributed by atoms with van der Waals surface area (Å²) < 4.78 is 1.69. The molecule has 0 fully saturated rings. The van der Waals surface area contributed by atoms with Gasteiger partial charge in [0.25, 0.3) is 0 Å². The van der Waals surface area contributed by atoms with Crippen molar-refractivity contribution in [3.8, 4) is 6.07 Å². The van der Waals surface area contributed by atoms with E-state index in [0.29, 0.717) is 5.69 Å². The smallest absolute Gasteiger partial charge is 0.201 e. The van der Waals surface area contributed by atoms with Crippen LogP contribution >= 0.6 is 0 Å². The van der Waals surface area contributed by atoms with E-state index < -0.39 is 0 Å². The maximum atomic E-state index is 8.73. The third-order valence-electron chi connectivity index (χ3n) is 2.30. The second-order valence-corrected chi connectivity index (χ2v) is 3.64. The molecule has 1 heterocycles. The molecule has 0 unspecified atom stereocenters. The van der Waals surface area contributed by atoms with Crippen LogP contribution in [-0.4, -0.2) is 21.3 Å². The Morgan fingerprint density at radius 3 is 3.06 bits per heavy atom. The number of aromatic nitrogens is 2.